The zero-order valence-electron chi connectivity index (χ0n) is 12.2. The minimum Gasteiger partial charge on any atom is -0.462 e. The van der Waals surface area contributed by atoms with E-state index in [9.17, 15) is 4.79 Å². The number of hydrogen-bond acceptors (Lipinski definition) is 4. The average Bonchev–Trinajstić information content (AvgIpc) is 3.01. The Morgan fingerprint density at radius 1 is 1.33 bits per heavy atom. The lowest BCUT2D eigenvalue weighted by atomic mass is 9.88. The summed E-state index contributed by atoms with van der Waals surface area (Å²) in [5.74, 6) is 2.34. The van der Waals surface area contributed by atoms with Crippen LogP contribution in [0.3, 0.4) is 0 Å². The molecule has 3 heterocycles. The molecule has 21 heavy (non-hydrogen) atoms. The monoisotopic (exact) mass is 302 g/mol. The van der Waals surface area contributed by atoms with Crippen molar-refractivity contribution in [1.82, 2.24) is 5.32 Å². The third-order valence-electron chi connectivity index (χ3n) is 4.34. The van der Waals surface area contributed by atoms with E-state index in [4.69, 9.17) is 4.42 Å². The lowest BCUT2D eigenvalue weighted by Crippen LogP contribution is -2.38. The van der Waals surface area contributed by atoms with Crippen molar-refractivity contribution >= 4 is 22.2 Å². The Morgan fingerprint density at radius 2 is 2.19 bits per heavy atom. The molecule has 2 aromatic rings. The topological polar surface area (TPSA) is 54.3 Å². The minimum atomic E-state index is -0.267. The summed E-state index contributed by atoms with van der Waals surface area (Å²) in [6, 6.07) is 3.83. The van der Waals surface area contributed by atoms with Crippen LogP contribution in [0.1, 0.15) is 51.8 Å². The van der Waals surface area contributed by atoms with Gasteiger partial charge in [-0.3, -0.25) is 4.79 Å². The van der Waals surface area contributed by atoms with Gasteiger partial charge in [0, 0.05) is 4.88 Å². The molecule has 110 valence electrons. The summed E-state index contributed by atoms with van der Waals surface area (Å²) in [5, 5.41) is 7.43. The van der Waals surface area contributed by atoms with Crippen LogP contribution in [0.2, 0.25) is 0 Å². The van der Waals surface area contributed by atoms with E-state index < -0.39 is 0 Å². The molecule has 2 aliphatic rings. The SMILES string of the molecule is Cc1ccc(C2NC(=O)c3c(sc4c3CCC(C)C4)N2)o1. The Morgan fingerprint density at radius 3 is 2.95 bits per heavy atom. The molecule has 4 rings (SSSR count). The first-order valence-corrected chi connectivity index (χ1v) is 8.21. The molecule has 0 fully saturated rings. The molecule has 0 bridgehead atoms. The van der Waals surface area contributed by atoms with E-state index in [0.29, 0.717) is 5.92 Å². The number of fused-ring (bicyclic) bond motifs is 3. The van der Waals surface area contributed by atoms with Gasteiger partial charge in [-0.1, -0.05) is 6.92 Å². The number of carbonyl (C=O) groups is 1. The second kappa shape index (κ2) is 4.63. The van der Waals surface area contributed by atoms with Gasteiger partial charge in [0.15, 0.2) is 6.17 Å². The zero-order valence-corrected chi connectivity index (χ0v) is 13.0. The molecule has 0 saturated carbocycles. The summed E-state index contributed by atoms with van der Waals surface area (Å²) in [6.07, 6.45) is 3.01. The maximum Gasteiger partial charge on any atom is 0.256 e. The average molecular weight is 302 g/mol. The molecule has 0 radical (unpaired) electrons. The van der Waals surface area contributed by atoms with E-state index >= 15 is 0 Å². The van der Waals surface area contributed by atoms with Crippen molar-refractivity contribution in [3.8, 4) is 0 Å². The Hall–Kier alpha value is -1.75. The summed E-state index contributed by atoms with van der Waals surface area (Å²) < 4.78 is 5.63. The first kappa shape index (κ1) is 13.0. The van der Waals surface area contributed by atoms with Gasteiger partial charge in [0.2, 0.25) is 0 Å². The maximum atomic E-state index is 12.5. The first-order chi connectivity index (χ1) is 10.1. The quantitative estimate of drug-likeness (QED) is 0.846. The van der Waals surface area contributed by atoms with Crippen molar-refractivity contribution < 1.29 is 9.21 Å². The van der Waals surface area contributed by atoms with Gasteiger partial charge in [-0.2, -0.15) is 0 Å². The predicted molar refractivity (Wildman–Crippen MR) is 82.8 cm³/mol. The molecule has 0 spiro atoms. The zero-order chi connectivity index (χ0) is 14.6. The molecule has 0 saturated heterocycles. The van der Waals surface area contributed by atoms with Crippen LogP contribution in [0.15, 0.2) is 16.5 Å². The number of aryl methyl sites for hydroxylation is 1. The lowest BCUT2D eigenvalue weighted by molar-refractivity contribution is 0.0930. The number of carbonyl (C=O) groups excluding carboxylic acids is 1. The summed E-state index contributed by atoms with van der Waals surface area (Å²) >= 11 is 1.74. The third-order valence-corrected chi connectivity index (χ3v) is 5.52. The highest BCUT2D eigenvalue weighted by Crippen LogP contribution is 2.42. The van der Waals surface area contributed by atoms with E-state index in [1.807, 2.05) is 19.1 Å². The number of amides is 1. The summed E-state index contributed by atoms with van der Waals surface area (Å²) in [4.78, 5) is 13.9. The van der Waals surface area contributed by atoms with Crippen LogP contribution in [0.5, 0.6) is 0 Å². The molecule has 0 aromatic carbocycles. The van der Waals surface area contributed by atoms with Crippen molar-refractivity contribution in [2.75, 3.05) is 5.32 Å². The first-order valence-electron chi connectivity index (χ1n) is 7.40. The van der Waals surface area contributed by atoms with Crippen LogP contribution in [0.25, 0.3) is 0 Å². The van der Waals surface area contributed by atoms with Crippen molar-refractivity contribution in [3.63, 3.8) is 0 Å². The van der Waals surface area contributed by atoms with Gasteiger partial charge in [0.25, 0.3) is 5.91 Å². The highest BCUT2D eigenvalue weighted by Gasteiger charge is 2.33. The van der Waals surface area contributed by atoms with Crippen molar-refractivity contribution in [2.24, 2.45) is 5.92 Å². The second-order valence-corrected chi connectivity index (χ2v) is 7.16. The van der Waals surface area contributed by atoms with Gasteiger partial charge >= 0.3 is 0 Å². The number of nitrogens with one attached hydrogen (secondary N) is 2. The fraction of sp³-hybridized carbons (Fsp3) is 0.438. The summed E-state index contributed by atoms with van der Waals surface area (Å²) in [6.45, 7) is 4.19. The molecule has 5 heteroatoms. The standard InChI is InChI=1S/C16H18N2O2S/c1-8-3-5-10-12(7-8)21-16-13(10)15(19)17-14(18-16)11-6-4-9(2)20-11/h4,6,8,14,18H,3,5,7H2,1-2H3,(H,17,19). The van der Waals surface area contributed by atoms with Gasteiger partial charge in [0.1, 0.15) is 16.5 Å². The molecule has 2 N–H and O–H groups in total. The highest BCUT2D eigenvalue weighted by molar-refractivity contribution is 7.16. The predicted octanol–water partition coefficient (Wildman–Crippen LogP) is 3.63. The largest absolute Gasteiger partial charge is 0.462 e. The van der Waals surface area contributed by atoms with Gasteiger partial charge in [-0.15, -0.1) is 11.3 Å². The lowest BCUT2D eigenvalue weighted by Gasteiger charge is -2.25. The number of hydrogen-bond donors (Lipinski definition) is 2. The molecule has 2 unspecified atom stereocenters. The van der Waals surface area contributed by atoms with Gasteiger partial charge in [-0.25, -0.2) is 0 Å². The normalized spacial score (nSPS) is 24.0. The molecule has 2 aromatic heterocycles. The number of anilines is 1. The highest BCUT2D eigenvalue weighted by atomic mass is 32.1. The Balaban J connectivity index is 1.71. The van der Waals surface area contributed by atoms with Crippen LogP contribution in [-0.4, -0.2) is 5.91 Å². The van der Waals surface area contributed by atoms with E-state index in [0.717, 1.165) is 34.9 Å². The number of rotatable bonds is 1. The fourth-order valence-electron chi connectivity index (χ4n) is 3.21. The minimum absolute atomic E-state index is 0.0230. The van der Waals surface area contributed by atoms with E-state index in [2.05, 4.69) is 17.6 Å². The van der Waals surface area contributed by atoms with E-state index in [1.165, 1.54) is 16.9 Å². The molecular weight excluding hydrogens is 284 g/mol. The van der Waals surface area contributed by atoms with Gasteiger partial charge in [0.05, 0.1) is 5.56 Å². The summed E-state index contributed by atoms with van der Waals surface area (Å²) in [7, 11) is 0. The molecule has 2 atom stereocenters. The van der Waals surface area contributed by atoms with Crippen LogP contribution in [-0.2, 0) is 12.8 Å². The van der Waals surface area contributed by atoms with Crippen molar-refractivity contribution in [1.29, 1.82) is 0 Å². The van der Waals surface area contributed by atoms with Crippen LogP contribution >= 0.6 is 11.3 Å². The van der Waals surface area contributed by atoms with Crippen LogP contribution in [0, 0.1) is 12.8 Å². The Bertz CT molecular complexity index is 716. The van der Waals surface area contributed by atoms with Crippen molar-refractivity contribution in [2.45, 2.75) is 39.3 Å². The molecule has 1 amide bonds. The van der Waals surface area contributed by atoms with Crippen molar-refractivity contribution in [3.05, 3.63) is 39.7 Å². The van der Waals surface area contributed by atoms with E-state index in [-0.39, 0.29) is 12.1 Å². The van der Waals surface area contributed by atoms with E-state index in [1.54, 1.807) is 11.3 Å². The maximum absolute atomic E-state index is 12.5. The molecule has 4 nitrogen and oxygen atoms in total. The number of thiophene rings is 1. The third kappa shape index (κ3) is 2.07. The van der Waals surface area contributed by atoms with Crippen LogP contribution < -0.4 is 10.6 Å². The summed E-state index contributed by atoms with van der Waals surface area (Å²) in [5.41, 5.74) is 2.12. The Kier molecular flexibility index (Phi) is 2.85. The Labute approximate surface area is 127 Å². The molecular formula is C16H18N2O2S. The second-order valence-electron chi connectivity index (χ2n) is 6.06. The van der Waals surface area contributed by atoms with Gasteiger partial charge < -0.3 is 15.1 Å². The fourth-order valence-corrected chi connectivity index (χ4v) is 4.65. The molecule has 1 aliphatic heterocycles. The van der Waals surface area contributed by atoms with Crippen LogP contribution in [0.4, 0.5) is 5.00 Å². The molecule has 1 aliphatic carbocycles. The smallest absolute Gasteiger partial charge is 0.256 e. The number of furan rings is 1. The van der Waals surface area contributed by atoms with Gasteiger partial charge in [-0.05, 0) is 49.8 Å².